The number of carbonyl (C=O) groups is 2. The molecule has 0 aliphatic carbocycles. The van der Waals surface area contributed by atoms with Crippen LogP contribution in [0.3, 0.4) is 0 Å². The van der Waals surface area contributed by atoms with Crippen LogP contribution in [-0.2, 0) is 30.4 Å². The average molecular weight is 364 g/mol. The highest BCUT2D eigenvalue weighted by Crippen LogP contribution is 2.15. The zero-order chi connectivity index (χ0) is 19.6. The lowest BCUT2D eigenvalue weighted by molar-refractivity contribution is -0.155. The first-order chi connectivity index (χ1) is 12.3. The van der Waals surface area contributed by atoms with Gasteiger partial charge < -0.3 is 18.9 Å². The molecule has 1 atom stereocenters. The van der Waals surface area contributed by atoms with E-state index in [1.54, 1.807) is 40.0 Å². The third-order valence-electron chi connectivity index (χ3n) is 3.51. The van der Waals surface area contributed by atoms with Crippen LogP contribution in [0.5, 0.6) is 5.75 Å². The molecule has 0 radical (unpaired) electrons. The van der Waals surface area contributed by atoms with Gasteiger partial charge in [0.05, 0.1) is 26.2 Å². The molecule has 0 spiro atoms. The molecule has 0 N–H and O–H groups in total. The molecular weight excluding hydrogens is 336 g/mol. The fourth-order valence-corrected chi connectivity index (χ4v) is 1.91. The molecule has 26 heavy (non-hydrogen) atoms. The van der Waals surface area contributed by atoms with Gasteiger partial charge >= 0.3 is 11.9 Å². The molecule has 0 aliphatic heterocycles. The quantitative estimate of drug-likeness (QED) is 0.495. The van der Waals surface area contributed by atoms with E-state index in [0.29, 0.717) is 6.42 Å². The van der Waals surface area contributed by atoms with E-state index in [1.807, 2.05) is 24.3 Å². The van der Waals surface area contributed by atoms with Gasteiger partial charge in [-0.1, -0.05) is 24.3 Å². The molecule has 0 aromatic heterocycles. The zero-order valence-corrected chi connectivity index (χ0v) is 16.1. The lowest BCUT2D eigenvalue weighted by Gasteiger charge is -2.16. The van der Waals surface area contributed by atoms with E-state index < -0.39 is 17.5 Å². The largest absolute Gasteiger partial charge is 0.497 e. The monoisotopic (exact) mass is 364 g/mol. The van der Waals surface area contributed by atoms with Crippen molar-refractivity contribution in [2.75, 3.05) is 20.8 Å². The highest BCUT2D eigenvalue weighted by molar-refractivity contribution is 5.75. The molecular formula is C20H28O6. The second-order valence-electron chi connectivity index (χ2n) is 6.73. The summed E-state index contributed by atoms with van der Waals surface area (Å²) in [6.07, 6.45) is 3.04. The Morgan fingerprint density at radius 3 is 2.27 bits per heavy atom. The summed E-state index contributed by atoms with van der Waals surface area (Å²) < 4.78 is 20.7. The predicted molar refractivity (Wildman–Crippen MR) is 97.8 cm³/mol. The molecule has 144 valence electrons. The van der Waals surface area contributed by atoms with Gasteiger partial charge in [0, 0.05) is 6.42 Å². The summed E-state index contributed by atoms with van der Waals surface area (Å²) in [5, 5.41) is 0. The standard InChI is InChI=1S/C20H28O6/c1-20(2,3)19(22)25-13-7-6-8-17(18(21)24-5)26-14-15-9-11-16(23-4)12-10-15/h6-7,9-12,17H,8,13-14H2,1-5H3. The molecule has 0 heterocycles. The maximum absolute atomic E-state index is 11.9. The molecule has 0 aliphatic rings. The van der Waals surface area contributed by atoms with Crippen molar-refractivity contribution in [3.8, 4) is 5.75 Å². The van der Waals surface area contributed by atoms with Crippen LogP contribution >= 0.6 is 0 Å². The second kappa shape index (κ2) is 10.6. The number of rotatable bonds is 9. The van der Waals surface area contributed by atoms with Crippen LogP contribution in [0, 0.1) is 5.41 Å². The lowest BCUT2D eigenvalue weighted by Crippen LogP contribution is -2.25. The van der Waals surface area contributed by atoms with Gasteiger partial charge in [-0.2, -0.15) is 0 Å². The summed E-state index contributed by atoms with van der Waals surface area (Å²) >= 11 is 0. The summed E-state index contributed by atoms with van der Waals surface area (Å²) in [5.41, 5.74) is 0.381. The van der Waals surface area contributed by atoms with Crippen LogP contribution in [0.2, 0.25) is 0 Å². The Balaban J connectivity index is 2.49. The molecule has 0 saturated heterocycles. The second-order valence-corrected chi connectivity index (χ2v) is 6.73. The smallest absolute Gasteiger partial charge is 0.335 e. The van der Waals surface area contributed by atoms with E-state index in [4.69, 9.17) is 18.9 Å². The van der Waals surface area contributed by atoms with Gasteiger partial charge in [-0.3, -0.25) is 4.79 Å². The Morgan fingerprint density at radius 2 is 1.73 bits per heavy atom. The Bertz CT molecular complexity index is 598. The number of hydrogen-bond donors (Lipinski definition) is 0. The van der Waals surface area contributed by atoms with E-state index in [9.17, 15) is 9.59 Å². The normalized spacial score (nSPS) is 12.7. The van der Waals surface area contributed by atoms with E-state index in [2.05, 4.69) is 0 Å². The lowest BCUT2D eigenvalue weighted by atomic mass is 9.97. The zero-order valence-electron chi connectivity index (χ0n) is 16.1. The third kappa shape index (κ3) is 7.70. The Kier molecular flexibility index (Phi) is 8.85. The molecule has 6 heteroatoms. The highest BCUT2D eigenvalue weighted by atomic mass is 16.6. The van der Waals surface area contributed by atoms with Crippen LogP contribution < -0.4 is 4.74 Å². The average Bonchev–Trinajstić information content (AvgIpc) is 2.62. The van der Waals surface area contributed by atoms with Gasteiger partial charge in [0.15, 0.2) is 6.10 Å². The summed E-state index contributed by atoms with van der Waals surface area (Å²) in [7, 11) is 2.92. The minimum atomic E-state index is -0.725. The van der Waals surface area contributed by atoms with Crippen molar-refractivity contribution < 1.29 is 28.5 Å². The molecule has 0 fully saturated rings. The van der Waals surface area contributed by atoms with Crippen molar-refractivity contribution in [1.29, 1.82) is 0 Å². The molecule has 1 unspecified atom stereocenters. The van der Waals surface area contributed by atoms with Crippen molar-refractivity contribution >= 4 is 11.9 Å². The number of ether oxygens (including phenoxy) is 4. The van der Waals surface area contributed by atoms with Gasteiger partial charge in [-0.15, -0.1) is 0 Å². The maximum Gasteiger partial charge on any atom is 0.335 e. The van der Waals surface area contributed by atoms with Gasteiger partial charge in [0.1, 0.15) is 12.4 Å². The fraction of sp³-hybridized carbons (Fsp3) is 0.500. The number of esters is 2. The SMILES string of the molecule is COC(=O)C(CC=CCOC(=O)C(C)(C)C)OCc1ccc(OC)cc1. The summed E-state index contributed by atoms with van der Waals surface area (Å²) in [4.78, 5) is 23.5. The number of hydrogen-bond acceptors (Lipinski definition) is 6. The van der Waals surface area contributed by atoms with Crippen molar-refractivity contribution in [2.24, 2.45) is 5.41 Å². The minimum absolute atomic E-state index is 0.155. The molecule has 1 aromatic carbocycles. The number of methoxy groups -OCH3 is 2. The first-order valence-electron chi connectivity index (χ1n) is 8.42. The molecule has 0 saturated carbocycles. The van der Waals surface area contributed by atoms with Crippen LogP contribution in [0.15, 0.2) is 36.4 Å². The van der Waals surface area contributed by atoms with Crippen molar-refractivity contribution in [3.05, 3.63) is 42.0 Å². The van der Waals surface area contributed by atoms with E-state index >= 15 is 0 Å². The number of benzene rings is 1. The van der Waals surface area contributed by atoms with Gasteiger partial charge in [0.2, 0.25) is 0 Å². The minimum Gasteiger partial charge on any atom is -0.497 e. The van der Waals surface area contributed by atoms with Crippen molar-refractivity contribution in [1.82, 2.24) is 0 Å². The molecule has 0 amide bonds. The van der Waals surface area contributed by atoms with Crippen LogP contribution in [-0.4, -0.2) is 38.9 Å². The van der Waals surface area contributed by atoms with E-state index in [-0.39, 0.29) is 19.2 Å². The van der Waals surface area contributed by atoms with E-state index in [0.717, 1.165) is 11.3 Å². The van der Waals surface area contributed by atoms with E-state index in [1.165, 1.54) is 7.11 Å². The van der Waals surface area contributed by atoms with Crippen LogP contribution in [0.25, 0.3) is 0 Å². The summed E-state index contributed by atoms with van der Waals surface area (Å²) in [6, 6.07) is 7.40. The number of carbonyl (C=O) groups excluding carboxylic acids is 2. The molecule has 1 rings (SSSR count). The first kappa shape index (κ1) is 21.7. The van der Waals surface area contributed by atoms with Gasteiger partial charge in [-0.25, -0.2) is 4.79 Å². The fourth-order valence-electron chi connectivity index (χ4n) is 1.91. The predicted octanol–water partition coefficient (Wildman–Crippen LogP) is 3.29. The molecule has 0 bridgehead atoms. The summed E-state index contributed by atoms with van der Waals surface area (Å²) in [6.45, 7) is 5.80. The van der Waals surface area contributed by atoms with Gasteiger partial charge in [-0.05, 0) is 38.5 Å². The maximum atomic E-state index is 11.9. The molecule has 1 aromatic rings. The van der Waals surface area contributed by atoms with Crippen LogP contribution in [0.4, 0.5) is 0 Å². The Hall–Kier alpha value is -2.34. The summed E-state index contributed by atoms with van der Waals surface area (Å²) in [5.74, 6) is 0.0308. The van der Waals surface area contributed by atoms with Crippen molar-refractivity contribution in [2.45, 2.75) is 39.9 Å². The first-order valence-corrected chi connectivity index (χ1v) is 8.42. The third-order valence-corrected chi connectivity index (χ3v) is 3.51. The van der Waals surface area contributed by atoms with Crippen molar-refractivity contribution in [3.63, 3.8) is 0 Å². The van der Waals surface area contributed by atoms with Gasteiger partial charge in [0.25, 0.3) is 0 Å². The Morgan fingerprint density at radius 1 is 1.08 bits per heavy atom. The Labute approximate surface area is 155 Å². The molecule has 6 nitrogen and oxygen atoms in total. The van der Waals surface area contributed by atoms with Crippen LogP contribution in [0.1, 0.15) is 32.8 Å². The highest BCUT2D eigenvalue weighted by Gasteiger charge is 2.22. The topological polar surface area (TPSA) is 71.1 Å².